The van der Waals surface area contributed by atoms with Crippen LogP contribution in [0.4, 0.5) is 4.79 Å². The molecule has 1 heterocycles. The van der Waals surface area contributed by atoms with E-state index in [1.165, 1.54) is 0 Å². The van der Waals surface area contributed by atoms with E-state index in [-0.39, 0.29) is 17.8 Å². The number of hydrogen-bond donors (Lipinski definition) is 1. The Bertz CT molecular complexity index is 708. The second kappa shape index (κ2) is 8.39. The van der Waals surface area contributed by atoms with Gasteiger partial charge < -0.3 is 9.64 Å². The molecule has 1 aliphatic heterocycles. The maximum atomic E-state index is 12.3. The molecule has 146 valence electrons. The van der Waals surface area contributed by atoms with Gasteiger partial charge in [-0.3, -0.25) is 0 Å². The highest BCUT2D eigenvalue weighted by atomic mass is 32.2. The lowest BCUT2D eigenvalue weighted by Gasteiger charge is -2.34. The first-order chi connectivity index (χ1) is 12.0. The van der Waals surface area contributed by atoms with Crippen molar-refractivity contribution in [3.8, 4) is 0 Å². The average Bonchev–Trinajstić information content (AvgIpc) is 2.54. The first-order valence-electron chi connectivity index (χ1n) is 9.05. The van der Waals surface area contributed by atoms with Crippen molar-refractivity contribution in [2.24, 2.45) is 5.92 Å². The number of amides is 1. The van der Waals surface area contributed by atoms with Gasteiger partial charge in [-0.15, -0.1) is 0 Å². The Labute approximate surface area is 157 Å². The van der Waals surface area contributed by atoms with Gasteiger partial charge in [0, 0.05) is 19.6 Å². The number of likely N-dealkylation sites (tertiary alicyclic amines) is 1. The molecule has 0 spiro atoms. The summed E-state index contributed by atoms with van der Waals surface area (Å²) in [7, 11) is -3.40. The van der Waals surface area contributed by atoms with Crippen LogP contribution in [0.25, 0.3) is 0 Å². The number of benzene rings is 1. The summed E-state index contributed by atoms with van der Waals surface area (Å²) in [5.74, 6) is 0.0690. The van der Waals surface area contributed by atoms with Gasteiger partial charge in [-0.1, -0.05) is 29.8 Å². The minimum absolute atomic E-state index is 0.0320. The zero-order chi connectivity index (χ0) is 19.4. The highest BCUT2D eigenvalue weighted by Gasteiger charge is 2.28. The quantitative estimate of drug-likeness (QED) is 0.849. The molecule has 1 aromatic rings. The van der Waals surface area contributed by atoms with Crippen LogP contribution in [0.15, 0.2) is 24.3 Å². The molecule has 1 amide bonds. The number of hydrogen-bond acceptors (Lipinski definition) is 4. The number of rotatable bonds is 5. The van der Waals surface area contributed by atoms with E-state index in [0.29, 0.717) is 19.6 Å². The highest BCUT2D eigenvalue weighted by Crippen LogP contribution is 2.19. The molecule has 1 saturated heterocycles. The van der Waals surface area contributed by atoms with E-state index in [0.717, 1.165) is 24.0 Å². The second-order valence-corrected chi connectivity index (χ2v) is 9.83. The number of nitrogens with one attached hydrogen (secondary N) is 1. The molecule has 7 heteroatoms. The Morgan fingerprint density at radius 2 is 1.92 bits per heavy atom. The summed E-state index contributed by atoms with van der Waals surface area (Å²) in [6.45, 7) is 9.00. The third kappa shape index (κ3) is 6.96. The number of carbonyl (C=O) groups excluding carboxylic acids is 1. The van der Waals surface area contributed by atoms with Crippen LogP contribution >= 0.6 is 0 Å². The fraction of sp³-hybridized carbons (Fsp3) is 0.632. The maximum absolute atomic E-state index is 12.3. The number of sulfonamides is 1. The molecule has 0 radical (unpaired) electrons. The average molecular weight is 383 g/mol. The first-order valence-corrected chi connectivity index (χ1v) is 10.7. The van der Waals surface area contributed by atoms with Crippen LogP contribution in [0, 0.1) is 12.8 Å². The van der Waals surface area contributed by atoms with Gasteiger partial charge in [0.2, 0.25) is 10.0 Å². The molecule has 1 aliphatic rings. The van der Waals surface area contributed by atoms with Crippen molar-refractivity contribution < 1.29 is 17.9 Å². The molecule has 1 atom stereocenters. The zero-order valence-corrected chi connectivity index (χ0v) is 16.9. The zero-order valence-electron chi connectivity index (χ0n) is 16.1. The summed E-state index contributed by atoms with van der Waals surface area (Å²) < 4.78 is 32.7. The van der Waals surface area contributed by atoms with Gasteiger partial charge in [0.15, 0.2) is 0 Å². The highest BCUT2D eigenvalue weighted by molar-refractivity contribution is 7.88. The summed E-state index contributed by atoms with van der Waals surface area (Å²) in [4.78, 5) is 13.9. The molecule has 0 aromatic heterocycles. The van der Waals surface area contributed by atoms with E-state index in [2.05, 4.69) is 4.72 Å². The lowest BCUT2D eigenvalue weighted by atomic mass is 9.99. The molecule has 0 aliphatic carbocycles. The molecule has 6 nitrogen and oxygen atoms in total. The number of aryl methyl sites for hydroxylation is 1. The van der Waals surface area contributed by atoms with Gasteiger partial charge >= 0.3 is 6.09 Å². The van der Waals surface area contributed by atoms with E-state index in [4.69, 9.17) is 4.74 Å². The number of carbonyl (C=O) groups is 1. The predicted molar refractivity (Wildman–Crippen MR) is 102 cm³/mol. The maximum Gasteiger partial charge on any atom is 0.410 e. The molecule has 1 unspecified atom stereocenters. The van der Waals surface area contributed by atoms with Crippen LogP contribution in [-0.2, 0) is 20.5 Å². The minimum Gasteiger partial charge on any atom is -0.444 e. The van der Waals surface area contributed by atoms with Crippen molar-refractivity contribution in [2.45, 2.75) is 51.9 Å². The summed E-state index contributed by atoms with van der Waals surface area (Å²) >= 11 is 0. The third-order valence-corrected chi connectivity index (χ3v) is 5.56. The van der Waals surface area contributed by atoms with Crippen molar-refractivity contribution in [3.63, 3.8) is 0 Å². The van der Waals surface area contributed by atoms with Crippen LogP contribution in [0.3, 0.4) is 0 Å². The Morgan fingerprint density at radius 3 is 2.54 bits per heavy atom. The summed E-state index contributed by atoms with van der Waals surface area (Å²) in [6, 6.07) is 7.48. The first kappa shape index (κ1) is 20.7. The smallest absolute Gasteiger partial charge is 0.410 e. The molecule has 2 rings (SSSR count). The van der Waals surface area contributed by atoms with Gasteiger partial charge in [-0.2, -0.15) is 0 Å². The Hall–Kier alpha value is -1.60. The lowest BCUT2D eigenvalue weighted by molar-refractivity contribution is 0.0169. The topological polar surface area (TPSA) is 75.7 Å². The van der Waals surface area contributed by atoms with Crippen molar-refractivity contribution >= 4 is 16.1 Å². The Balaban J connectivity index is 1.86. The van der Waals surface area contributed by atoms with Crippen LogP contribution in [0.2, 0.25) is 0 Å². The summed E-state index contributed by atoms with van der Waals surface area (Å²) in [6.07, 6.45) is 1.42. The van der Waals surface area contributed by atoms with Crippen LogP contribution in [0.5, 0.6) is 0 Å². The largest absolute Gasteiger partial charge is 0.444 e. The fourth-order valence-electron chi connectivity index (χ4n) is 2.92. The molecular formula is C19H30N2O4S. The van der Waals surface area contributed by atoms with E-state index in [9.17, 15) is 13.2 Å². The Kier molecular flexibility index (Phi) is 6.69. The van der Waals surface area contributed by atoms with E-state index in [1.807, 2.05) is 52.0 Å². The molecule has 0 bridgehead atoms. The van der Waals surface area contributed by atoms with Crippen LogP contribution < -0.4 is 4.72 Å². The van der Waals surface area contributed by atoms with E-state index in [1.54, 1.807) is 4.90 Å². The summed E-state index contributed by atoms with van der Waals surface area (Å²) in [5, 5.41) is 0. The Morgan fingerprint density at radius 1 is 1.27 bits per heavy atom. The van der Waals surface area contributed by atoms with Gasteiger partial charge in [-0.25, -0.2) is 17.9 Å². The SMILES string of the molecule is Cc1ccc(CS(=O)(=O)NCC2CCCN(C(=O)OC(C)(C)C)C2)cc1. The molecule has 26 heavy (non-hydrogen) atoms. The molecule has 1 N–H and O–H groups in total. The van der Waals surface area contributed by atoms with Crippen molar-refractivity contribution in [3.05, 3.63) is 35.4 Å². The third-order valence-electron chi connectivity index (χ3n) is 4.24. The molecule has 1 aromatic carbocycles. The van der Waals surface area contributed by atoms with Crippen molar-refractivity contribution in [2.75, 3.05) is 19.6 Å². The van der Waals surface area contributed by atoms with Crippen LogP contribution in [-0.4, -0.2) is 44.6 Å². The number of nitrogens with zero attached hydrogens (tertiary/aromatic N) is 1. The number of piperidine rings is 1. The van der Waals surface area contributed by atoms with Crippen molar-refractivity contribution in [1.29, 1.82) is 0 Å². The van der Waals surface area contributed by atoms with Gasteiger partial charge in [0.05, 0.1) is 5.75 Å². The van der Waals surface area contributed by atoms with Gasteiger partial charge in [0.25, 0.3) is 0 Å². The molecular weight excluding hydrogens is 352 g/mol. The van der Waals surface area contributed by atoms with Gasteiger partial charge in [0.1, 0.15) is 5.60 Å². The molecule has 0 saturated carbocycles. The van der Waals surface area contributed by atoms with Gasteiger partial charge in [-0.05, 0) is 52.0 Å². The van der Waals surface area contributed by atoms with E-state index >= 15 is 0 Å². The monoisotopic (exact) mass is 382 g/mol. The predicted octanol–water partition coefficient (Wildman–Crippen LogP) is 3.06. The normalized spacial score (nSPS) is 18.6. The molecule has 1 fully saturated rings. The lowest BCUT2D eigenvalue weighted by Crippen LogP contribution is -2.45. The van der Waals surface area contributed by atoms with E-state index < -0.39 is 15.6 Å². The standard InChI is InChI=1S/C19H30N2O4S/c1-15-7-9-16(10-8-15)14-26(23,24)20-12-17-6-5-11-21(13-17)18(22)25-19(2,3)4/h7-10,17,20H,5-6,11-14H2,1-4H3. The van der Waals surface area contributed by atoms with Crippen molar-refractivity contribution in [1.82, 2.24) is 9.62 Å². The number of ether oxygens (including phenoxy) is 1. The van der Waals surface area contributed by atoms with Crippen LogP contribution in [0.1, 0.15) is 44.7 Å². The second-order valence-electron chi connectivity index (χ2n) is 8.03. The fourth-order valence-corrected chi connectivity index (χ4v) is 4.15. The summed E-state index contributed by atoms with van der Waals surface area (Å²) in [5.41, 5.74) is 1.34. The minimum atomic E-state index is -3.40.